The Kier molecular flexibility index (Phi) is 3.73. The Labute approximate surface area is 104 Å². The Hall–Kier alpha value is -0.610. The van der Waals surface area contributed by atoms with E-state index in [9.17, 15) is 4.79 Å². The lowest BCUT2D eigenvalue weighted by atomic mass is 9.75. The molecule has 0 aromatic rings. The summed E-state index contributed by atoms with van der Waals surface area (Å²) in [6.45, 7) is 2.91. The number of likely N-dealkylation sites (N-methyl/N-ethyl adjacent to an activating group) is 2. The van der Waals surface area contributed by atoms with Gasteiger partial charge in [0.05, 0.1) is 0 Å². The second-order valence-corrected chi connectivity index (χ2v) is 5.95. The number of nitrogens with zero attached hydrogens (tertiary/aromatic N) is 2. The van der Waals surface area contributed by atoms with E-state index in [0.29, 0.717) is 18.2 Å². The molecule has 1 N–H and O–H groups in total. The van der Waals surface area contributed by atoms with E-state index in [1.165, 1.54) is 19.3 Å². The van der Waals surface area contributed by atoms with Crippen molar-refractivity contribution in [3.63, 3.8) is 0 Å². The molecule has 0 unspecified atom stereocenters. The van der Waals surface area contributed by atoms with Crippen LogP contribution in [0, 0.1) is 5.92 Å². The normalized spacial score (nSPS) is 23.1. The molecule has 2 aliphatic rings. The molecule has 1 aliphatic heterocycles. The molecule has 0 atom stereocenters. The maximum absolute atomic E-state index is 12.1. The summed E-state index contributed by atoms with van der Waals surface area (Å²) in [4.78, 5) is 16.3. The van der Waals surface area contributed by atoms with Gasteiger partial charge in [-0.05, 0) is 52.4 Å². The Bertz CT molecular complexity index is 282. The van der Waals surface area contributed by atoms with Gasteiger partial charge in [0.15, 0.2) is 0 Å². The van der Waals surface area contributed by atoms with Gasteiger partial charge in [0.1, 0.15) is 0 Å². The highest BCUT2D eigenvalue weighted by Crippen LogP contribution is 2.36. The molecule has 2 rings (SSSR count). The van der Waals surface area contributed by atoms with E-state index >= 15 is 0 Å². The summed E-state index contributed by atoms with van der Waals surface area (Å²) in [7, 11) is 6.22. The first kappa shape index (κ1) is 12.8. The quantitative estimate of drug-likeness (QED) is 0.760. The minimum Gasteiger partial charge on any atom is -0.344 e. The molecule has 4 nitrogen and oxygen atoms in total. The fourth-order valence-corrected chi connectivity index (χ4v) is 2.76. The summed E-state index contributed by atoms with van der Waals surface area (Å²) < 4.78 is 0. The number of carbonyl (C=O) groups is 1. The molecule has 0 bridgehead atoms. The largest absolute Gasteiger partial charge is 0.344 e. The second-order valence-electron chi connectivity index (χ2n) is 5.95. The van der Waals surface area contributed by atoms with E-state index in [4.69, 9.17) is 0 Å². The van der Waals surface area contributed by atoms with Crippen molar-refractivity contribution in [3.05, 3.63) is 0 Å². The molecule has 0 aromatic heterocycles. The monoisotopic (exact) mass is 239 g/mol. The third kappa shape index (κ3) is 2.63. The molecule has 17 heavy (non-hydrogen) atoms. The molecule has 1 saturated carbocycles. The molecule has 2 fully saturated rings. The van der Waals surface area contributed by atoms with Gasteiger partial charge in [-0.1, -0.05) is 0 Å². The first-order valence-corrected chi connectivity index (χ1v) is 6.66. The van der Waals surface area contributed by atoms with Gasteiger partial charge in [-0.15, -0.1) is 0 Å². The number of rotatable bonds is 5. The van der Waals surface area contributed by atoms with E-state index in [-0.39, 0.29) is 5.54 Å². The molecule has 1 saturated heterocycles. The maximum atomic E-state index is 12.1. The van der Waals surface area contributed by atoms with Gasteiger partial charge in [-0.25, -0.2) is 0 Å². The molecule has 1 aliphatic carbocycles. The molecule has 0 radical (unpaired) electrons. The van der Waals surface area contributed by atoms with Crippen LogP contribution in [-0.2, 0) is 4.79 Å². The number of hydrogen-bond donors (Lipinski definition) is 1. The van der Waals surface area contributed by atoms with Crippen LogP contribution in [0.15, 0.2) is 0 Å². The van der Waals surface area contributed by atoms with Crippen LogP contribution in [0.4, 0.5) is 0 Å². The lowest BCUT2D eigenvalue weighted by molar-refractivity contribution is -0.134. The Morgan fingerprint density at radius 2 is 1.94 bits per heavy atom. The van der Waals surface area contributed by atoms with E-state index in [2.05, 4.69) is 24.3 Å². The highest BCUT2D eigenvalue weighted by atomic mass is 16.2. The van der Waals surface area contributed by atoms with Crippen LogP contribution in [0.2, 0.25) is 0 Å². The van der Waals surface area contributed by atoms with Crippen molar-refractivity contribution >= 4 is 5.91 Å². The maximum Gasteiger partial charge on any atom is 0.222 e. The molecule has 0 spiro atoms. The van der Waals surface area contributed by atoms with E-state index in [1.807, 2.05) is 11.9 Å². The average molecular weight is 239 g/mol. The van der Waals surface area contributed by atoms with Crippen molar-refractivity contribution in [1.29, 1.82) is 0 Å². The molecular weight excluding hydrogens is 214 g/mol. The zero-order chi connectivity index (χ0) is 12.5. The van der Waals surface area contributed by atoms with E-state index < -0.39 is 0 Å². The van der Waals surface area contributed by atoms with Crippen molar-refractivity contribution < 1.29 is 4.79 Å². The zero-order valence-corrected chi connectivity index (χ0v) is 11.3. The summed E-state index contributed by atoms with van der Waals surface area (Å²) in [6.07, 6.45) is 4.46. The molecule has 0 aromatic carbocycles. The smallest absolute Gasteiger partial charge is 0.222 e. The summed E-state index contributed by atoms with van der Waals surface area (Å²) in [6, 6.07) is 0. The number of amides is 1. The third-order valence-electron chi connectivity index (χ3n) is 4.52. The van der Waals surface area contributed by atoms with Gasteiger partial charge in [-0.3, -0.25) is 4.79 Å². The van der Waals surface area contributed by atoms with Gasteiger partial charge in [0.25, 0.3) is 0 Å². The first-order valence-electron chi connectivity index (χ1n) is 6.66. The van der Waals surface area contributed by atoms with Crippen LogP contribution in [0.25, 0.3) is 0 Å². The Morgan fingerprint density at radius 3 is 2.29 bits per heavy atom. The predicted octanol–water partition coefficient (Wildman–Crippen LogP) is 0.539. The zero-order valence-electron chi connectivity index (χ0n) is 11.3. The van der Waals surface area contributed by atoms with E-state index in [0.717, 1.165) is 19.6 Å². The average Bonchev–Trinajstić information content (AvgIpc) is 2.15. The van der Waals surface area contributed by atoms with Crippen molar-refractivity contribution in [2.24, 2.45) is 5.92 Å². The van der Waals surface area contributed by atoms with Crippen LogP contribution >= 0.6 is 0 Å². The molecule has 4 heteroatoms. The minimum absolute atomic E-state index is 0.252. The number of carbonyl (C=O) groups excluding carboxylic acids is 1. The predicted molar refractivity (Wildman–Crippen MR) is 68.9 cm³/mol. The SMILES string of the molecule is CN(CC1(N(C)C)CCC1)C(=O)CC1CNC1. The summed E-state index contributed by atoms with van der Waals surface area (Å²) in [5, 5.41) is 3.22. The van der Waals surface area contributed by atoms with Gasteiger partial charge in [0.2, 0.25) is 5.91 Å². The van der Waals surface area contributed by atoms with Gasteiger partial charge < -0.3 is 15.1 Å². The topological polar surface area (TPSA) is 35.6 Å². The molecule has 98 valence electrons. The van der Waals surface area contributed by atoms with Crippen molar-refractivity contribution in [3.8, 4) is 0 Å². The minimum atomic E-state index is 0.252. The van der Waals surface area contributed by atoms with Crippen LogP contribution in [0.1, 0.15) is 25.7 Å². The number of nitrogens with one attached hydrogen (secondary N) is 1. The van der Waals surface area contributed by atoms with Crippen molar-refractivity contribution in [1.82, 2.24) is 15.1 Å². The fourth-order valence-electron chi connectivity index (χ4n) is 2.76. The van der Waals surface area contributed by atoms with Crippen molar-refractivity contribution in [2.45, 2.75) is 31.2 Å². The highest BCUT2D eigenvalue weighted by molar-refractivity contribution is 5.76. The highest BCUT2D eigenvalue weighted by Gasteiger charge is 2.40. The summed E-state index contributed by atoms with van der Waals surface area (Å²) in [5.41, 5.74) is 0.252. The lowest BCUT2D eigenvalue weighted by Gasteiger charge is -2.49. The number of hydrogen-bond acceptors (Lipinski definition) is 3. The summed E-state index contributed by atoms with van der Waals surface area (Å²) >= 11 is 0. The standard InChI is InChI=1S/C13H25N3O/c1-15(2)13(5-4-6-13)10-16(3)12(17)7-11-8-14-9-11/h11,14H,4-10H2,1-3H3. The third-order valence-corrected chi connectivity index (χ3v) is 4.52. The van der Waals surface area contributed by atoms with Crippen LogP contribution in [0.5, 0.6) is 0 Å². The first-order chi connectivity index (χ1) is 8.03. The Balaban J connectivity index is 1.82. The lowest BCUT2D eigenvalue weighted by Crippen LogP contribution is -2.57. The van der Waals surface area contributed by atoms with Crippen molar-refractivity contribution in [2.75, 3.05) is 40.8 Å². The van der Waals surface area contributed by atoms with E-state index in [1.54, 1.807) is 0 Å². The summed E-state index contributed by atoms with van der Waals surface area (Å²) in [5.74, 6) is 0.881. The van der Waals surface area contributed by atoms with Gasteiger partial charge >= 0.3 is 0 Å². The molecule has 1 amide bonds. The molecule has 1 heterocycles. The molecular formula is C13H25N3O. The van der Waals surface area contributed by atoms with Crippen LogP contribution < -0.4 is 5.32 Å². The van der Waals surface area contributed by atoms with Gasteiger partial charge in [0, 0.05) is 25.6 Å². The Morgan fingerprint density at radius 1 is 1.29 bits per heavy atom. The second kappa shape index (κ2) is 4.94. The van der Waals surface area contributed by atoms with Crippen LogP contribution in [0.3, 0.4) is 0 Å². The fraction of sp³-hybridized carbons (Fsp3) is 0.923. The van der Waals surface area contributed by atoms with Crippen LogP contribution in [-0.4, -0.2) is 62.0 Å². The van der Waals surface area contributed by atoms with Gasteiger partial charge in [-0.2, -0.15) is 0 Å².